The minimum Gasteiger partial charge on any atom is -0.392 e. The molecule has 0 spiro atoms. The summed E-state index contributed by atoms with van der Waals surface area (Å²) in [7, 11) is 0. The standard InChI is InChI=1S/C13H17NOS/c15-11-5-6-14(8-11)7-10-9-16-13-4-2-1-3-12(10)13/h1-4,10-11,15H,5-9H2/t10?,11-/m0/s1. The van der Waals surface area contributed by atoms with Gasteiger partial charge in [-0.15, -0.1) is 11.8 Å². The molecule has 2 aliphatic rings. The minimum absolute atomic E-state index is 0.0932. The highest BCUT2D eigenvalue weighted by Crippen LogP contribution is 2.39. The van der Waals surface area contributed by atoms with Gasteiger partial charge in [0, 0.05) is 36.2 Å². The molecule has 1 aromatic rings. The van der Waals surface area contributed by atoms with E-state index in [0.29, 0.717) is 5.92 Å². The number of hydrogen-bond donors (Lipinski definition) is 1. The highest BCUT2D eigenvalue weighted by Gasteiger charge is 2.27. The number of likely N-dealkylation sites (tertiary alicyclic amines) is 1. The fourth-order valence-corrected chi connectivity index (χ4v) is 3.91. The summed E-state index contributed by atoms with van der Waals surface area (Å²) < 4.78 is 0. The van der Waals surface area contributed by atoms with Gasteiger partial charge in [-0.1, -0.05) is 18.2 Å². The highest BCUT2D eigenvalue weighted by molar-refractivity contribution is 7.99. The molecule has 3 rings (SSSR count). The molecule has 0 bridgehead atoms. The molecule has 2 heterocycles. The summed E-state index contributed by atoms with van der Waals surface area (Å²) in [6.07, 6.45) is 0.853. The van der Waals surface area contributed by atoms with Crippen LogP contribution in [0.4, 0.5) is 0 Å². The zero-order valence-electron chi connectivity index (χ0n) is 9.30. The van der Waals surface area contributed by atoms with E-state index in [-0.39, 0.29) is 6.10 Å². The van der Waals surface area contributed by atoms with Crippen molar-refractivity contribution >= 4 is 11.8 Å². The number of rotatable bonds is 2. The zero-order chi connectivity index (χ0) is 11.0. The summed E-state index contributed by atoms with van der Waals surface area (Å²) in [6.45, 7) is 3.04. The van der Waals surface area contributed by atoms with Crippen molar-refractivity contribution in [1.82, 2.24) is 4.90 Å². The maximum atomic E-state index is 9.52. The number of fused-ring (bicyclic) bond motifs is 1. The lowest BCUT2D eigenvalue weighted by Gasteiger charge is -2.20. The predicted octanol–water partition coefficient (Wildman–Crippen LogP) is 1.94. The van der Waals surface area contributed by atoms with E-state index in [1.807, 2.05) is 11.8 Å². The smallest absolute Gasteiger partial charge is 0.0679 e. The van der Waals surface area contributed by atoms with Gasteiger partial charge in [0.05, 0.1) is 6.10 Å². The Morgan fingerprint density at radius 1 is 1.38 bits per heavy atom. The van der Waals surface area contributed by atoms with Crippen LogP contribution in [0.5, 0.6) is 0 Å². The van der Waals surface area contributed by atoms with Gasteiger partial charge in [0.15, 0.2) is 0 Å². The Morgan fingerprint density at radius 2 is 2.25 bits per heavy atom. The molecule has 0 aromatic heterocycles. The summed E-state index contributed by atoms with van der Waals surface area (Å²) in [6, 6.07) is 8.73. The largest absolute Gasteiger partial charge is 0.392 e. The monoisotopic (exact) mass is 235 g/mol. The van der Waals surface area contributed by atoms with Gasteiger partial charge in [-0.05, 0) is 18.1 Å². The SMILES string of the molecule is O[C@H]1CCN(CC2CSc3ccccc32)C1. The molecule has 2 nitrogen and oxygen atoms in total. The van der Waals surface area contributed by atoms with Crippen LogP contribution < -0.4 is 0 Å². The highest BCUT2D eigenvalue weighted by atomic mass is 32.2. The number of benzene rings is 1. The van der Waals surface area contributed by atoms with Crippen molar-refractivity contribution in [2.75, 3.05) is 25.4 Å². The van der Waals surface area contributed by atoms with Crippen LogP contribution in [-0.4, -0.2) is 41.5 Å². The van der Waals surface area contributed by atoms with Crippen LogP contribution >= 0.6 is 11.8 Å². The first-order valence-corrected chi connectivity index (χ1v) is 6.93. The van der Waals surface area contributed by atoms with Gasteiger partial charge in [0.25, 0.3) is 0 Å². The average molecular weight is 235 g/mol. The fourth-order valence-electron chi connectivity index (χ4n) is 2.67. The molecule has 16 heavy (non-hydrogen) atoms. The Bertz CT molecular complexity index is 382. The van der Waals surface area contributed by atoms with Gasteiger partial charge in [0.2, 0.25) is 0 Å². The van der Waals surface area contributed by atoms with Crippen molar-refractivity contribution in [1.29, 1.82) is 0 Å². The summed E-state index contributed by atoms with van der Waals surface area (Å²) in [4.78, 5) is 3.85. The molecular weight excluding hydrogens is 218 g/mol. The van der Waals surface area contributed by atoms with Gasteiger partial charge >= 0.3 is 0 Å². The summed E-state index contributed by atoms with van der Waals surface area (Å²) >= 11 is 1.97. The van der Waals surface area contributed by atoms with Gasteiger partial charge < -0.3 is 10.0 Å². The topological polar surface area (TPSA) is 23.5 Å². The molecule has 0 amide bonds. The Hall–Kier alpha value is -0.510. The second-order valence-electron chi connectivity index (χ2n) is 4.75. The van der Waals surface area contributed by atoms with Crippen molar-refractivity contribution in [3.63, 3.8) is 0 Å². The maximum absolute atomic E-state index is 9.52. The van der Waals surface area contributed by atoms with Crippen molar-refractivity contribution < 1.29 is 5.11 Å². The first-order chi connectivity index (χ1) is 7.83. The predicted molar refractivity (Wildman–Crippen MR) is 67.0 cm³/mol. The van der Waals surface area contributed by atoms with Gasteiger partial charge in [-0.2, -0.15) is 0 Å². The van der Waals surface area contributed by atoms with E-state index >= 15 is 0 Å². The Morgan fingerprint density at radius 3 is 3.06 bits per heavy atom. The molecule has 0 aliphatic carbocycles. The second kappa shape index (κ2) is 4.40. The lowest BCUT2D eigenvalue weighted by molar-refractivity contribution is 0.175. The minimum atomic E-state index is -0.0932. The molecule has 86 valence electrons. The molecular formula is C13H17NOS. The molecule has 1 unspecified atom stereocenters. The first-order valence-electron chi connectivity index (χ1n) is 5.95. The molecule has 3 heteroatoms. The van der Waals surface area contributed by atoms with Crippen molar-refractivity contribution in [2.45, 2.75) is 23.3 Å². The molecule has 1 N–H and O–H groups in total. The fraction of sp³-hybridized carbons (Fsp3) is 0.538. The summed E-state index contributed by atoms with van der Waals surface area (Å²) in [5.74, 6) is 1.86. The molecule has 2 aliphatic heterocycles. The third-order valence-electron chi connectivity index (χ3n) is 3.52. The molecule has 2 atom stereocenters. The van der Waals surface area contributed by atoms with E-state index in [4.69, 9.17) is 0 Å². The van der Waals surface area contributed by atoms with E-state index in [0.717, 1.165) is 26.1 Å². The van der Waals surface area contributed by atoms with E-state index in [1.165, 1.54) is 16.2 Å². The van der Waals surface area contributed by atoms with Crippen LogP contribution in [-0.2, 0) is 0 Å². The summed E-state index contributed by atoms with van der Waals surface area (Å²) in [5, 5.41) is 9.52. The number of aliphatic hydroxyl groups is 1. The third-order valence-corrected chi connectivity index (χ3v) is 4.78. The number of aliphatic hydroxyl groups excluding tert-OH is 1. The molecule has 0 saturated carbocycles. The molecule has 1 saturated heterocycles. The molecule has 1 fully saturated rings. The quantitative estimate of drug-likeness (QED) is 0.847. The van der Waals surface area contributed by atoms with Gasteiger partial charge in [-0.3, -0.25) is 0 Å². The number of hydrogen-bond acceptors (Lipinski definition) is 3. The lowest BCUT2D eigenvalue weighted by Crippen LogP contribution is -2.27. The molecule has 1 aromatic carbocycles. The van der Waals surface area contributed by atoms with Crippen molar-refractivity contribution in [3.8, 4) is 0 Å². The van der Waals surface area contributed by atoms with E-state index in [2.05, 4.69) is 29.2 Å². The van der Waals surface area contributed by atoms with Crippen LogP contribution in [0.1, 0.15) is 17.9 Å². The Kier molecular flexibility index (Phi) is 2.92. The van der Waals surface area contributed by atoms with Gasteiger partial charge in [0.1, 0.15) is 0 Å². The van der Waals surface area contributed by atoms with Gasteiger partial charge in [-0.25, -0.2) is 0 Å². The van der Waals surface area contributed by atoms with Crippen molar-refractivity contribution in [3.05, 3.63) is 29.8 Å². The second-order valence-corrected chi connectivity index (χ2v) is 5.81. The maximum Gasteiger partial charge on any atom is 0.0679 e. The average Bonchev–Trinajstić information content (AvgIpc) is 2.87. The normalized spacial score (nSPS) is 29.6. The van der Waals surface area contributed by atoms with Crippen LogP contribution in [0.25, 0.3) is 0 Å². The number of β-amino-alcohol motifs (C(OH)–C–C–N with tert-alkyl or cyclic N) is 1. The third kappa shape index (κ3) is 1.99. The Labute approximate surface area is 101 Å². The number of thioether (sulfide) groups is 1. The van der Waals surface area contributed by atoms with E-state index < -0.39 is 0 Å². The summed E-state index contributed by atoms with van der Waals surface area (Å²) in [5.41, 5.74) is 1.51. The van der Waals surface area contributed by atoms with Crippen LogP contribution in [0.2, 0.25) is 0 Å². The zero-order valence-corrected chi connectivity index (χ0v) is 10.1. The Balaban J connectivity index is 1.69. The lowest BCUT2D eigenvalue weighted by atomic mass is 10.0. The van der Waals surface area contributed by atoms with Crippen LogP contribution in [0, 0.1) is 0 Å². The first kappa shape index (κ1) is 10.6. The van der Waals surface area contributed by atoms with E-state index in [9.17, 15) is 5.11 Å². The molecule has 0 radical (unpaired) electrons. The van der Waals surface area contributed by atoms with Crippen molar-refractivity contribution in [2.24, 2.45) is 0 Å². The van der Waals surface area contributed by atoms with E-state index in [1.54, 1.807) is 0 Å². The van der Waals surface area contributed by atoms with Crippen LogP contribution in [0.3, 0.4) is 0 Å². The van der Waals surface area contributed by atoms with Crippen LogP contribution in [0.15, 0.2) is 29.2 Å². The number of nitrogens with zero attached hydrogens (tertiary/aromatic N) is 1.